The monoisotopic (exact) mass is 741 g/mol. The molecule has 1 atom stereocenters. The van der Waals surface area contributed by atoms with Gasteiger partial charge in [-0.25, -0.2) is 4.79 Å². The van der Waals surface area contributed by atoms with E-state index in [0.29, 0.717) is 45.1 Å². The van der Waals surface area contributed by atoms with Gasteiger partial charge in [-0.15, -0.1) is 0 Å². The van der Waals surface area contributed by atoms with Crippen LogP contribution < -0.4 is 10.6 Å². The number of rotatable bonds is 33. The summed E-state index contributed by atoms with van der Waals surface area (Å²) in [7, 11) is 1.32. The highest BCUT2D eigenvalue weighted by molar-refractivity contribution is 5.84. The van der Waals surface area contributed by atoms with Crippen molar-refractivity contribution in [3.8, 4) is 0 Å². The Kier molecular flexibility index (Phi) is 37.9. The van der Waals surface area contributed by atoms with Crippen molar-refractivity contribution >= 4 is 17.8 Å². The molecule has 0 aliphatic carbocycles. The number of carbonyl (C=O) groups excluding carboxylic acids is 3. The number of amides is 2. The third-order valence-electron chi connectivity index (χ3n) is 7.88. The molecule has 0 aromatic heterocycles. The van der Waals surface area contributed by atoms with Crippen molar-refractivity contribution in [2.24, 2.45) is 0 Å². The summed E-state index contributed by atoms with van der Waals surface area (Å²) in [4.78, 5) is 36.9. The normalized spacial score (nSPS) is 13.5. The van der Waals surface area contributed by atoms with Crippen molar-refractivity contribution in [2.75, 3.05) is 13.7 Å². The molecule has 6 heteroatoms. The van der Waals surface area contributed by atoms with Gasteiger partial charge in [0.1, 0.15) is 6.04 Å². The molecule has 0 fully saturated rings. The summed E-state index contributed by atoms with van der Waals surface area (Å²) in [5, 5.41) is 5.70. The minimum absolute atomic E-state index is 0.0248. The fourth-order valence-electron chi connectivity index (χ4n) is 4.88. The van der Waals surface area contributed by atoms with Gasteiger partial charge in [0, 0.05) is 19.4 Å². The minimum atomic E-state index is -0.716. The average Bonchev–Trinajstić information content (AvgIpc) is 3.17. The Balaban J connectivity index is 4.00. The first kappa shape index (κ1) is 49.6. The molecule has 54 heavy (non-hydrogen) atoms. The molecule has 2 N–H and O–H groups in total. The van der Waals surface area contributed by atoms with Gasteiger partial charge < -0.3 is 15.4 Å². The molecule has 0 radical (unpaired) electrons. The van der Waals surface area contributed by atoms with Crippen molar-refractivity contribution in [2.45, 2.75) is 135 Å². The molecule has 6 nitrogen and oxygen atoms in total. The lowest BCUT2D eigenvalue weighted by Gasteiger charge is -2.16. The summed E-state index contributed by atoms with van der Waals surface area (Å²) >= 11 is 0. The molecule has 0 rings (SSSR count). The van der Waals surface area contributed by atoms with Gasteiger partial charge in [-0.05, 0) is 103 Å². The zero-order valence-electron chi connectivity index (χ0n) is 33.8. The van der Waals surface area contributed by atoms with E-state index in [1.54, 1.807) is 0 Å². The van der Waals surface area contributed by atoms with Crippen LogP contribution in [-0.2, 0) is 19.1 Å². The molecule has 0 aromatic rings. The summed E-state index contributed by atoms with van der Waals surface area (Å²) in [6.07, 6.45) is 62.1. The number of allylic oxidation sites excluding steroid dienone is 22. The molecule has 0 unspecified atom stereocenters. The first-order chi connectivity index (χ1) is 26.5. The topological polar surface area (TPSA) is 84.5 Å². The molecule has 2 amide bonds. The molecule has 0 saturated carbocycles. The Hall–Kier alpha value is -4.45. The highest BCUT2D eigenvalue weighted by Gasteiger charge is 2.20. The summed E-state index contributed by atoms with van der Waals surface area (Å²) in [5.74, 6) is -0.661. The van der Waals surface area contributed by atoms with Crippen LogP contribution in [0, 0.1) is 0 Å². The van der Waals surface area contributed by atoms with Gasteiger partial charge in [-0.3, -0.25) is 9.59 Å². The Labute approximate surface area is 329 Å². The third kappa shape index (κ3) is 37.3. The maximum atomic E-state index is 12.5. The van der Waals surface area contributed by atoms with E-state index in [1.165, 1.54) is 7.11 Å². The van der Waals surface area contributed by atoms with Gasteiger partial charge in [0.05, 0.1) is 7.11 Å². The Morgan fingerprint density at radius 1 is 0.463 bits per heavy atom. The summed E-state index contributed by atoms with van der Waals surface area (Å²) < 4.78 is 4.89. The van der Waals surface area contributed by atoms with E-state index in [-0.39, 0.29) is 11.8 Å². The molecule has 0 aromatic carbocycles. The molecule has 0 heterocycles. The van der Waals surface area contributed by atoms with Gasteiger partial charge in [-0.1, -0.05) is 148 Å². The predicted octanol–water partition coefficient (Wildman–Crippen LogP) is 11.9. The number of carbonyl (C=O) groups is 3. The Morgan fingerprint density at radius 2 is 0.833 bits per heavy atom. The van der Waals surface area contributed by atoms with Gasteiger partial charge in [0.15, 0.2) is 0 Å². The van der Waals surface area contributed by atoms with E-state index in [2.05, 4.69) is 152 Å². The standard InChI is InChI=1S/C48H72N2O4/c1-4-6-8-10-12-14-16-18-20-22-23-25-26-28-30-32-34-36-38-42-46(51)49-44-40-41-45(48(53)54-3)50-47(52)43-39-37-35-33-31-29-27-24-21-19-17-15-13-11-9-7-5-2/h6-9,12-15,18-21,23,25,27-30,33-36,45H,4-5,10-11,16-17,22,24,26,31-32,37-44H2,1-3H3,(H,49,51)(H,50,52)/b8-6-,9-7-,14-12-,15-13-,20-18-,21-19-,25-23-,29-27-,30-28-,35-33-,36-34-/t45-/m0/s1. The second-order valence-corrected chi connectivity index (χ2v) is 12.7. The lowest BCUT2D eigenvalue weighted by atomic mass is 10.1. The van der Waals surface area contributed by atoms with E-state index in [1.807, 2.05) is 6.08 Å². The van der Waals surface area contributed by atoms with Gasteiger partial charge in [0.2, 0.25) is 11.8 Å². The van der Waals surface area contributed by atoms with Crippen molar-refractivity contribution in [1.82, 2.24) is 10.6 Å². The number of methoxy groups -OCH3 is 1. The van der Waals surface area contributed by atoms with Crippen LogP contribution in [0.25, 0.3) is 0 Å². The van der Waals surface area contributed by atoms with Crippen molar-refractivity contribution in [1.29, 1.82) is 0 Å². The maximum absolute atomic E-state index is 12.5. The van der Waals surface area contributed by atoms with Gasteiger partial charge in [-0.2, -0.15) is 0 Å². The highest BCUT2D eigenvalue weighted by atomic mass is 16.5. The minimum Gasteiger partial charge on any atom is -0.467 e. The predicted molar refractivity (Wildman–Crippen MR) is 232 cm³/mol. The third-order valence-corrected chi connectivity index (χ3v) is 7.88. The second-order valence-electron chi connectivity index (χ2n) is 12.7. The fraction of sp³-hybridized carbons (Fsp3) is 0.479. The van der Waals surface area contributed by atoms with E-state index in [4.69, 9.17) is 4.74 Å². The second kappa shape index (κ2) is 41.3. The number of ether oxygens (including phenoxy) is 1. The zero-order chi connectivity index (χ0) is 39.4. The Bertz CT molecular complexity index is 1270. The molecular formula is C48H72N2O4. The summed E-state index contributed by atoms with van der Waals surface area (Å²) in [6, 6.07) is -0.716. The largest absolute Gasteiger partial charge is 0.467 e. The molecule has 0 aliphatic rings. The number of hydrogen-bond donors (Lipinski definition) is 2. The average molecular weight is 741 g/mol. The van der Waals surface area contributed by atoms with Crippen LogP contribution in [0.3, 0.4) is 0 Å². The van der Waals surface area contributed by atoms with E-state index in [0.717, 1.165) is 77.0 Å². The lowest BCUT2D eigenvalue weighted by molar-refractivity contribution is -0.145. The molecule has 0 saturated heterocycles. The molecule has 0 aliphatic heterocycles. The number of unbranched alkanes of at least 4 members (excludes halogenated alkanes) is 1. The van der Waals surface area contributed by atoms with Crippen LogP contribution in [0.4, 0.5) is 0 Å². The molecule has 0 spiro atoms. The molecular weight excluding hydrogens is 669 g/mol. The number of nitrogens with one attached hydrogen (secondary N) is 2. The van der Waals surface area contributed by atoms with Gasteiger partial charge in [0.25, 0.3) is 0 Å². The van der Waals surface area contributed by atoms with Crippen LogP contribution in [0.5, 0.6) is 0 Å². The first-order valence-corrected chi connectivity index (χ1v) is 20.3. The number of esters is 1. The van der Waals surface area contributed by atoms with E-state index in [9.17, 15) is 14.4 Å². The van der Waals surface area contributed by atoms with Crippen LogP contribution in [0.1, 0.15) is 129 Å². The van der Waals surface area contributed by atoms with Crippen LogP contribution in [0.2, 0.25) is 0 Å². The van der Waals surface area contributed by atoms with Crippen LogP contribution in [0.15, 0.2) is 134 Å². The lowest BCUT2D eigenvalue weighted by Crippen LogP contribution is -2.42. The molecule has 0 bridgehead atoms. The SMILES string of the molecule is CC/C=C\C/C=C\C/C=C\C/C=C\C/C=C\C/C=C\CCC(=O)NCCC[C@H](NC(=O)CCC/C=C\C/C=C\C/C=C\C/C=C\C/C=C\CC)C(=O)OC. The summed E-state index contributed by atoms with van der Waals surface area (Å²) in [6.45, 7) is 4.73. The van der Waals surface area contributed by atoms with Crippen molar-refractivity contribution in [3.63, 3.8) is 0 Å². The quantitative estimate of drug-likeness (QED) is 0.0399. The van der Waals surface area contributed by atoms with Crippen molar-refractivity contribution in [3.05, 3.63) is 134 Å². The number of hydrogen-bond acceptors (Lipinski definition) is 4. The Morgan fingerprint density at radius 3 is 1.22 bits per heavy atom. The molecule has 298 valence electrons. The zero-order valence-corrected chi connectivity index (χ0v) is 33.8. The van der Waals surface area contributed by atoms with Gasteiger partial charge >= 0.3 is 5.97 Å². The van der Waals surface area contributed by atoms with E-state index < -0.39 is 12.0 Å². The van der Waals surface area contributed by atoms with E-state index >= 15 is 0 Å². The first-order valence-electron chi connectivity index (χ1n) is 20.3. The fourth-order valence-corrected chi connectivity index (χ4v) is 4.88. The van der Waals surface area contributed by atoms with Crippen LogP contribution >= 0.6 is 0 Å². The highest BCUT2D eigenvalue weighted by Crippen LogP contribution is 2.04. The maximum Gasteiger partial charge on any atom is 0.328 e. The van der Waals surface area contributed by atoms with Crippen LogP contribution in [-0.4, -0.2) is 37.5 Å². The smallest absolute Gasteiger partial charge is 0.328 e. The summed E-state index contributed by atoms with van der Waals surface area (Å²) in [5.41, 5.74) is 0. The van der Waals surface area contributed by atoms with Crippen molar-refractivity contribution < 1.29 is 19.1 Å².